The fraction of sp³-hybridized carbons (Fsp3) is 0.400. The van der Waals surface area contributed by atoms with Gasteiger partial charge in [0, 0.05) is 12.1 Å². The molecule has 0 atom stereocenters. The molecule has 8 nitrogen and oxygen atoms in total. The third kappa shape index (κ3) is 4.26. The molecule has 1 aliphatic carbocycles. The second kappa shape index (κ2) is 7.35. The molecule has 0 heterocycles. The number of nitro groups is 1. The first-order valence-corrected chi connectivity index (χ1v) is 7.16. The predicted octanol–water partition coefficient (Wildman–Crippen LogP) is 2.14. The molecule has 0 radical (unpaired) electrons. The maximum absolute atomic E-state index is 11.8. The summed E-state index contributed by atoms with van der Waals surface area (Å²) in [6.07, 6.45) is 3.53. The molecule has 2 rings (SSSR count). The van der Waals surface area contributed by atoms with E-state index in [-0.39, 0.29) is 28.8 Å². The van der Waals surface area contributed by atoms with Gasteiger partial charge in [-0.3, -0.25) is 19.7 Å². The minimum atomic E-state index is -0.629. The lowest BCUT2D eigenvalue weighted by Crippen LogP contribution is -2.24. The van der Waals surface area contributed by atoms with Crippen molar-refractivity contribution < 1.29 is 19.2 Å². The van der Waals surface area contributed by atoms with Crippen LogP contribution in [0.25, 0.3) is 0 Å². The van der Waals surface area contributed by atoms with Gasteiger partial charge < -0.3 is 10.1 Å². The number of nitro benzene ring substituents is 1. The fourth-order valence-electron chi connectivity index (χ4n) is 2.45. The van der Waals surface area contributed by atoms with Crippen molar-refractivity contribution in [1.29, 1.82) is 5.26 Å². The first kappa shape index (κ1) is 16.4. The van der Waals surface area contributed by atoms with E-state index in [0.717, 1.165) is 31.7 Å². The van der Waals surface area contributed by atoms with E-state index in [1.807, 2.05) is 0 Å². The summed E-state index contributed by atoms with van der Waals surface area (Å²) in [5, 5.41) is 22.1. The zero-order valence-corrected chi connectivity index (χ0v) is 12.3. The molecule has 0 aromatic heterocycles. The highest BCUT2D eigenvalue weighted by Gasteiger charge is 2.24. The van der Waals surface area contributed by atoms with Crippen molar-refractivity contribution >= 4 is 23.3 Å². The van der Waals surface area contributed by atoms with Crippen LogP contribution in [0.1, 0.15) is 31.2 Å². The maximum atomic E-state index is 11.8. The number of hydrogen-bond acceptors (Lipinski definition) is 6. The molecule has 1 aliphatic rings. The van der Waals surface area contributed by atoms with Crippen molar-refractivity contribution in [1.82, 2.24) is 0 Å². The monoisotopic (exact) mass is 317 g/mol. The Balaban J connectivity index is 1.93. The van der Waals surface area contributed by atoms with Gasteiger partial charge >= 0.3 is 5.97 Å². The molecule has 1 aromatic carbocycles. The maximum Gasteiger partial charge on any atom is 0.309 e. The summed E-state index contributed by atoms with van der Waals surface area (Å²) in [4.78, 5) is 33.5. The van der Waals surface area contributed by atoms with Gasteiger partial charge in [-0.1, -0.05) is 12.8 Å². The Hall–Kier alpha value is -2.95. The van der Waals surface area contributed by atoms with Crippen LogP contribution in [0, 0.1) is 27.4 Å². The van der Waals surface area contributed by atoms with Gasteiger partial charge in [0.05, 0.1) is 22.1 Å². The lowest BCUT2D eigenvalue weighted by atomic mass is 10.1. The van der Waals surface area contributed by atoms with Gasteiger partial charge in [-0.15, -0.1) is 0 Å². The van der Waals surface area contributed by atoms with E-state index in [4.69, 9.17) is 10.00 Å². The average Bonchev–Trinajstić information content (AvgIpc) is 3.07. The summed E-state index contributed by atoms with van der Waals surface area (Å²) in [6, 6.07) is 5.30. The fourth-order valence-corrected chi connectivity index (χ4v) is 2.45. The first-order valence-electron chi connectivity index (χ1n) is 7.16. The zero-order valence-electron chi connectivity index (χ0n) is 12.3. The lowest BCUT2D eigenvalue weighted by Gasteiger charge is -2.10. The SMILES string of the molecule is N#Cc1cc([N+](=O)[O-])ccc1NC(=O)COC(=O)C1CCCC1. The number of nitrogens with one attached hydrogen (secondary N) is 1. The van der Waals surface area contributed by atoms with Crippen molar-refractivity contribution in [3.05, 3.63) is 33.9 Å². The number of hydrogen-bond donors (Lipinski definition) is 1. The molecule has 0 bridgehead atoms. The van der Waals surface area contributed by atoms with Crippen molar-refractivity contribution in [3.8, 4) is 6.07 Å². The number of benzene rings is 1. The van der Waals surface area contributed by atoms with E-state index in [9.17, 15) is 19.7 Å². The molecule has 120 valence electrons. The quantitative estimate of drug-likeness (QED) is 0.504. The third-order valence-electron chi connectivity index (χ3n) is 3.64. The van der Waals surface area contributed by atoms with E-state index in [1.165, 1.54) is 12.1 Å². The van der Waals surface area contributed by atoms with Gasteiger partial charge in [-0.25, -0.2) is 0 Å². The largest absolute Gasteiger partial charge is 0.455 e. The molecule has 23 heavy (non-hydrogen) atoms. The Labute approximate surface area is 132 Å². The minimum absolute atomic E-state index is 0.0327. The van der Waals surface area contributed by atoms with Crippen molar-refractivity contribution in [3.63, 3.8) is 0 Å². The van der Waals surface area contributed by atoms with Gasteiger partial charge in [0.2, 0.25) is 0 Å². The van der Waals surface area contributed by atoms with Crippen molar-refractivity contribution in [2.45, 2.75) is 25.7 Å². The Morgan fingerprint density at radius 2 is 2.09 bits per heavy atom. The third-order valence-corrected chi connectivity index (χ3v) is 3.64. The summed E-state index contributed by atoms with van der Waals surface area (Å²) in [5.74, 6) is -1.12. The van der Waals surface area contributed by atoms with Gasteiger partial charge in [-0.2, -0.15) is 5.26 Å². The summed E-state index contributed by atoms with van der Waals surface area (Å²) >= 11 is 0. The highest BCUT2D eigenvalue weighted by atomic mass is 16.6. The molecule has 0 spiro atoms. The van der Waals surface area contributed by atoms with Crippen LogP contribution in [0.3, 0.4) is 0 Å². The van der Waals surface area contributed by atoms with Crippen LogP contribution in [0.5, 0.6) is 0 Å². The number of carbonyl (C=O) groups is 2. The zero-order chi connectivity index (χ0) is 16.8. The van der Waals surface area contributed by atoms with E-state index < -0.39 is 17.4 Å². The number of anilines is 1. The summed E-state index contributed by atoms with van der Waals surface area (Å²) < 4.78 is 4.95. The van der Waals surface area contributed by atoms with Crippen LogP contribution in [0.4, 0.5) is 11.4 Å². The van der Waals surface area contributed by atoms with Gasteiger partial charge in [-0.05, 0) is 18.9 Å². The number of nitrogens with zero attached hydrogens (tertiary/aromatic N) is 2. The van der Waals surface area contributed by atoms with Gasteiger partial charge in [0.25, 0.3) is 11.6 Å². The molecule has 0 unspecified atom stereocenters. The summed E-state index contributed by atoms with van der Waals surface area (Å²) in [7, 11) is 0. The van der Waals surface area contributed by atoms with Crippen LogP contribution in [0.15, 0.2) is 18.2 Å². The topological polar surface area (TPSA) is 122 Å². The lowest BCUT2D eigenvalue weighted by molar-refractivity contribution is -0.384. The van der Waals surface area contributed by atoms with Gasteiger partial charge in [0.1, 0.15) is 6.07 Å². The molecular formula is C15H15N3O5. The molecule has 1 amide bonds. The summed E-state index contributed by atoms with van der Waals surface area (Å²) in [5.41, 5.74) is -0.137. The Kier molecular flexibility index (Phi) is 5.25. The van der Waals surface area contributed by atoms with Crippen molar-refractivity contribution in [2.24, 2.45) is 5.92 Å². The molecular weight excluding hydrogens is 302 g/mol. The first-order chi connectivity index (χ1) is 11.0. The minimum Gasteiger partial charge on any atom is -0.455 e. The Morgan fingerprint density at radius 1 is 1.39 bits per heavy atom. The molecule has 1 saturated carbocycles. The van der Waals surface area contributed by atoms with E-state index in [0.29, 0.717) is 0 Å². The van der Waals surface area contributed by atoms with Crippen LogP contribution >= 0.6 is 0 Å². The molecule has 1 fully saturated rings. The second-order valence-electron chi connectivity index (χ2n) is 5.24. The number of rotatable bonds is 5. The standard InChI is InChI=1S/C15H15N3O5/c16-8-11-7-12(18(21)22)5-6-13(11)17-14(19)9-23-15(20)10-3-1-2-4-10/h5-7,10H,1-4,9H2,(H,17,19). The summed E-state index contributed by atoms with van der Waals surface area (Å²) in [6.45, 7) is -0.447. The highest BCUT2D eigenvalue weighted by molar-refractivity contribution is 5.94. The highest BCUT2D eigenvalue weighted by Crippen LogP contribution is 2.25. The number of non-ortho nitro benzene ring substituents is 1. The van der Waals surface area contributed by atoms with Crippen LogP contribution in [0.2, 0.25) is 0 Å². The van der Waals surface area contributed by atoms with E-state index in [2.05, 4.69) is 5.32 Å². The number of carbonyl (C=O) groups excluding carboxylic acids is 2. The molecule has 1 aromatic rings. The number of esters is 1. The van der Waals surface area contributed by atoms with E-state index in [1.54, 1.807) is 6.07 Å². The molecule has 0 saturated heterocycles. The van der Waals surface area contributed by atoms with Crippen LogP contribution in [-0.2, 0) is 14.3 Å². The average molecular weight is 317 g/mol. The Morgan fingerprint density at radius 3 is 2.70 bits per heavy atom. The van der Waals surface area contributed by atoms with E-state index >= 15 is 0 Å². The molecule has 0 aliphatic heterocycles. The van der Waals surface area contributed by atoms with Crippen molar-refractivity contribution in [2.75, 3.05) is 11.9 Å². The number of amides is 1. The second-order valence-corrected chi connectivity index (χ2v) is 5.24. The number of nitriles is 1. The normalized spacial score (nSPS) is 14.0. The Bertz CT molecular complexity index is 674. The van der Waals surface area contributed by atoms with Crippen LogP contribution < -0.4 is 5.32 Å². The molecule has 8 heteroatoms. The van der Waals surface area contributed by atoms with Gasteiger partial charge in [0.15, 0.2) is 6.61 Å². The smallest absolute Gasteiger partial charge is 0.309 e. The number of ether oxygens (including phenoxy) is 1. The molecule has 1 N–H and O–H groups in total. The predicted molar refractivity (Wildman–Crippen MR) is 79.4 cm³/mol. The van der Waals surface area contributed by atoms with Crippen LogP contribution in [-0.4, -0.2) is 23.4 Å².